The first kappa shape index (κ1) is 32.1. The molecule has 1 saturated heterocycles. The zero-order valence-electron chi connectivity index (χ0n) is 22.6. The molecular formula is C29H23Cl2F3N2O6S. The molecule has 0 unspecified atom stereocenters. The first-order chi connectivity index (χ1) is 20.4. The van der Waals surface area contributed by atoms with Gasteiger partial charge in [0.2, 0.25) is 5.91 Å². The number of hydrogen-bond acceptors (Lipinski definition) is 7. The lowest BCUT2D eigenvalue weighted by Gasteiger charge is -2.16. The van der Waals surface area contributed by atoms with E-state index in [1.54, 1.807) is 43.3 Å². The summed E-state index contributed by atoms with van der Waals surface area (Å²) in [5, 5.41) is 2.38. The number of ether oxygens (including phenoxy) is 3. The number of nitrogens with one attached hydrogen (secondary N) is 1. The number of thioether (sulfide) groups is 1. The molecule has 3 aromatic rings. The summed E-state index contributed by atoms with van der Waals surface area (Å²) in [7, 11) is 1.23. The number of methoxy groups -OCH3 is 1. The fourth-order valence-electron chi connectivity index (χ4n) is 3.90. The summed E-state index contributed by atoms with van der Waals surface area (Å²) in [6, 6.07) is 12.6. The Balaban J connectivity index is 1.46. The van der Waals surface area contributed by atoms with Crippen LogP contribution < -0.4 is 19.5 Å². The number of nitrogens with zero attached hydrogens (tertiary/aromatic N) is 1. The van der Waals surface area contributed by atoms with Crippen molar-refractivity contribution in [3.8, 4) is 17.2 Å². The number of carbonyl (C=O) groups is 3. The van der Waals surface area contributed by atoms with E-state index < -0.39 is 35.3 Å². The zero-order valence-corrected chi connectivity index (χ0v) is 24.9. The Kier molecular flexibility index (Phi) is 10.2. The van der Waals surface area contributed by atoms with Gasteiger partial charge in [0.25, 0.3) is 11.1 Å². The van der Waals surface area contributed by atoms with Crippen molar-refractivity contribution in [1.29, 1.82) is 0 Å². The van der Waals surface area contributed by atoms with E-state index >= 15 is 0 Å². The van der Waals surface area contributed by atoms with Gasteiger partial charge in [-0.3, -0.25) is 19.3 Å². The van der Waals surface area contributed by atoms with Crippen LogP contribution in [-0.4, -0.2) is 42.2 Å². The second-order valence-corrected chi connectivity index (χ2v) is 10.7. The van der Waals surface area contributed by atoms with E-state index in [0.29, 0.717) is 56.4 Å². The highest BCUT2D eigenvalue weighted by Gasteiger charge is 2.37. The Hall–Kier alpha value is -3.87. The lowest BCUT2D eigenvalue weighted by Crippen LogP contribution is -2.36. The van der Waals surface area contributed by atoms with Gasteiger partial charge in [-0.15, -0.1) is 0 Å². The maximum atomic E-state index is 13.1. The van der Waals surface area contributed by atoms with Gasteiger partial charge in [0.15, 0.2) is 11.5 Å². The number of amides is 3. The molecule has 1 aliphatic rings. The predicted molar refractivity (Wildman–Crippen MR) is 158 cm³/mol. The van der Waals surface area contributed by atoms with Crippen molar-refractivity contribution in [2.24, 2.45) is 0 Å². The summed E-state index contributed by atoms with van der Waals surface area (Å²) in [5.74, 6) is -0.822. The van der Waals surface area contributed by atoms with Crippen LogP contribution in [0.4, 0.5) is 23.7 Å². The molecule has 1 aliphatic heterocycles. The number of rotatable bonds is 10. The topological polar surface area (TPSA) is 94.2 Å². The van der Waals surface area contributed by atoms with Crippen LogP contribution in [-0.2, 0) is 22.4 Å². The molecule has 0 spiro atoms. The van der Waals surface area contributed by atoms with Crippen molar-refractivity contribution in [3.63, 3.8) is 0 Å². The van der Waals surface area contributed by atoms with E-state index in [2.05, 4.69) is 5.32 Å². The van der Waals surface area contributed by atoms with E-state index in [1.165, 1.54) is 13.2 Å². The Morgan fingerprint density at radius 1 is 0.977 bits per heavy atom. The molecule has 0 aromatic heterocycles. The molecule has 3 amide bonds. The highest BCUT2D eigenvalue weighted by Crippen LogP contribution is 2.37. The minimum Gasteiger partial charge on any atom is -0.495 e. The molecule has 8 nitrogen and oxygen atoms in total. The maximum Gasteiger partial charge on any atom is 0.416 e. The van der Waals surface area contributed by atoms with E-state index in [4.69, 9.17) is 37.4 Å². The fourth-order valence-corrected chi connectivity index (χ4v) is 5.05. The van der Waals surface area contributed by atoms with Crippen LogP contribution in [0.25, 0.3) is 6.08 Å². The molecule has 226 valence electrons. The lowest BCUT2D eigenvalue weighted by molar-refractivity contribution is -0.137. The average Bonchev–Trinajstić information content (AvgIpc) is 3.21. The maximum absolute atomic E-state index is 13.1. The van der Waals surface area contributed by atoms with Crippen LogP contribution in [0.1, 0.15) is 23.6 Å². The largest absolute Gasteiger partial charge is 0.495 e. The molecule has 43 heavy (non-hydrogen) atoms. The number of hydrogen-bond donors (Lipinski definition) is 1. The molecule has 3 aromatic carbocycles. The molecule has 0 bridgehead atoms. The summed E-state index contributed by atoms with van der Waals surface area (Å²) in [6.45, 7) is 1.59. The molecule has 1 heterocycles. The van der Waals surface area contributed by atoms with Gasteiger partial charge in [0, 0.05) is 0 Å². The molecule has 0 radical (unpaired) electrons. The Morgan fingerprint density at radius 3 is 2.40 bits per heavy atom. The Bertz CT molecular complexity index is 1600. The van der Waals surface area contributed by atoms with Gasteiger partial charge >= 0.3 is 6.18 Å². The molecular weight excluding hydrogens is 632 g/mol. The highest BCUT2D eigenvalue weighted by atomic mass is 35.5. The SMILES string of the molecule is CCOc1cc(/C=C2\SC(=O)N(CC(=O)Nc3cc(C(F)(F)F)ccc3OC)C2=O)ccc1OCc1ccc(Cl)c(Cl)c1. The van der Waals surface area contributed by atoms with Crippen LogP contribution in [0.15, 0.2) is 59.5 Å². The van der Waals surface area contributed by atoms with Gasteiger partial charge in [0.05, 0.1) is 39.9 Å². The van der Waals surface area contributed by atoms with Crippen molar-refractivity contribution in [2.45, 2.75) is 19.7 Å². The summed E-state index contributed by atoms with van der Waals surface area (Å²) in [4.78, 5) is 39.0. The van der Waals surface area contributed by atoms with Gasteiger partial charge in [-0.05, 0) is 78.4 Å². The van der Waals surface area contributed by atoms with Crippen molar-refractivity contribution in [2.75, 3.05) is 25.6 Å². The quantitative estimate of drug-likeness (QED) is 0.224. The number of anilines is 1. The minimum absolute atomic E-state index is 0.0233. The molecule has 14 heteroatoms. The van der Waals surface area contributed by atoms with Crippen molar-refractivity contribution in [1.82, 2.24) is 4.90 Å². The molecule has 1 fully saturated rings. The normalized spacial score (nSPS) is 14.3. The third-order valence-corrected chi connectivity index (χ3v) is 7.57. The van der Waals surface area contributed by atoms with E-state index in [0.717, 1.165) is 17.7 Å². The molecule has 0 aliphatic carbocycles. The molecule has 1 N–H and O–H groups in total. The van der Waals surface area contributed by atoms with Gasteiger partial charge in [-0.1, -0.05) is 35.3 Å². The zero-order chi connectivity index (χ0) is 31.3. The average molecular weight is 655 g/mol. The van der Waals surface area contributed by atoms with Crippen LogP contribution in [0.3, 0.4) is 0 Å². The van der Waals surface area contributed by atoms with Gasteiger partial charge in [-0.25, -0.2) is 0 Å². The first-order valence-corrected chi connectivity index (χ1v) is 14.1. The number of halogens is 5. The second-order valence-electron chi connectivity index (χ2n) is 8.91. The monoisotopic (exact) mass is 654 g/mol. The number of alkyl halides is 3. The number of benzene rings is 3. The molecule has 0 saturated carbocycles. The smallest absolute Gasteiger partial charge is 0.416 e. The third kappa shape index (κ3) is 7.95. The highest BCUT2D eigenvalue weighted by molar-refractivity contribution is 8.18. The summed E-state index contributed by atoms with van der Waals surface area (Å²) < 4.78 is 56.0. The van der Waals surface area contributed by atoms with Gasteiger partial charge in [-0.2, -0.15) is 13.2 Å². The van der Waals surface area contributed by atoms with E-state index in [1.807, 2.05) is 0 Å². The van der Waals surface area contributed by atoms with Crippen LogP contribution in [0, 0.1) is 0 Å². The van der Waals surface area contributed by atoms with Crippen LogP contribution in [0.5, 0.6) is 17.2 Å². The molecule has 0 atom stereocenters. The van der Waals surface area contributed by atoms with E-state index in [-0.39, 0.29) is 22.9 Å². The Labute approximate surface area is 258 Å². The summed E-state index contributed by atoms with van der Waals surface area (Å²) in [5.41, 5.74) is 0.0452. The standard InChI is InChI=1S/C29H23Cl2F3N2O6S/c1-3-41-24-11-16(5-8-23(24)42-15-17-4-7-19(30)20(31)10-17)12-25-27(38)36(28(39)43-25)14-26(37)35-21-13-18(29(32,33)34)6-9-22(21)40-2/h4-13H,3,14-15H2,1-2H3,(H,35,37)/b25-12-. The van der Waals surface area contributed by atoms with Crippen molar-refractivity contribution >= 4 is 63.8 Å². The minimum atomic E-state index is -4.65. The summed E-state index contributed by atoms with van der Waals surface area (Å²) in [6.07, 6.45) is -3.19. The Morgan fingerprint density at radius 2 is 1.72 bits per heavy atom. The summed E-state index contributed by atoms with van der Waals surface area (Å²) >= 11 is 12.6. The van der Waals surface area contributed by atoms with E-state index in [9.17, 15) is 27.6 Å². The lowest BCUT2D eigenvalue weighted by atomic mass is 10.1. The molecule has 4 rings (SSSR count). The van der Waals surface area contributed by atoms with Crippen LogP contribution in [0.2, 0.25) is 10.0 Å². The number of imide groups is 1. The number of carbonyl (C=O) groups excluding carboxylic acids is 3. The van der Waals surface area contributed by atoms with Crippen molar-refractivity contribution in [3.05, 3.63) is 86.2 Å². The predicted octanol–water partition coefficient (Wildman–Crippen LogP) is 7.67. The van der Waals surface area contributed by atoms with Gasteiger partial charge < -0.3 is 19.5 Å². The first-order valence-electron chi connectivity index (χ1n) is 12.5. The second kappa shape index (κ2) is 13.6. The van der Waals surface area contributed by atoms with Gasteiger partial charge in [0.1, 0.15) is 18.9 Å². The van der Waals surface area contributed by atoms with Crippen molar-refractivity contribution < 1.29 is 41.8 Å². The fraction of sp³-hybridized carbons (Fsp3) is 0.207. The third-order valence-electron chi connectivity index (χ3n) is 5.92. The van der Waals surface area contributed by atoms with Crippen LogP contribution >= 0.6 is 35.0 Å².